The lowest BCUT2D eigenvalue weighted by atomic mass is 10.1. The highest BCUT2D eigenvalue weighted by atomic mass is 79.9. The van der Waals surface area contributed by atoms with E-state index in [1.54, 1.807) is 24.3 Å². The molecule has 1 aromatic heterocycles. The third kappa shape index (κ3) is 5.39. The largest absolute Gasteiger partial charge is 0.457 e. The van der Waals surface area contributed by atoms with Crippen LogP contribution in [0.2, 0.25) is 0 Å². The predicted octanol–water partition coefficient (Wildman–Crippen LogP) is 3.95. The van der Waals surface area contributed by atoms with E-state index in [9.17, 15) is 9.59 Å². The summed E-state index contributed by atoms with van der Waals surface area (Å²) in [5, 5.41) is 3.95. The average Bonchev–Trinajstić information content (AvgIpc) is 3.19. The van der Waals surface area contributed by atoms with E-state index in [1.807, 2.05) is 30.3 Å². The quantitative estimate of drug-likeness (QED) is 0.280. The van der Waals surface area contributed by atoms with E-state index in [0.29, 0.717) is 11.3 Å². The van der Waals surface area contributed by atoms with Gasteiger partial charge in [-0.1, -0.05) is 46.3 Å². The molecule has 0 saturated heterocycles. The molecule has 3 aromatic rings. The van der Waals surface area contributed by atoms with Crippen molar-refractivity contribution in [2.24, 2.45) is 5.10 Å². The Balaban J connectivity index is 1.66. The fourth-order valence-corrected chi connectivity index (χ4v) is 2.63. The maximum Gasteiger partial charge on any atom is 0.379 e. The van der Waals surface area contributed by atoms with Gasteiger partial charge in [0, 0.05) is 10.0 Å². The summed E-state index contributed by atoms with van der Waals surface area (Å²) >= 11 is 3.36. The van der Waals surface area contributed by atoms with Crippen molar-refractivity contribution in [1.29, 1.82) is 0 Å². The third-order valence-corrected chi connectivity index (χ3v) is 3.99. The SMILES string of the molecule is O=C(Cc1ccccc1)N/N=C\c1cc(Br)ccc1OC(=O)c1ccco1. The van der Waals surface area contributed by atoms with Crippen LogP contribution >= 0.6 is 15.9 Å². The van der Waals surface area contributed by atoms with E-state index in [4.69, 9.17) is 9.15 Å². The molecule has 0 fully saturated rings. The van der Waals surface area contributed by atoms with E-state index in [-0.39, 0.29) is 18.1 Å². The second kappa shape index (κ2) is 8.95. The van der Waals surface area contributed by atoms with Crippen LogP contribution in [0, 0.1) is 0 Å². The van der Waals surface area contributed by atoms with Gasteiger partial charge in [0.2, 0.25) is 11.7 Å². The van der Waals surface area contributed by atoms with E-state index < -0.39 is 5.97 Å². The minimum atomic E-state index is -0.620. The van der Waals surface area contributed by atoms with Crippen molar-refractivity contribution >= 4 is 34.0 Å². The lowest BCUT2D eigenvalue weighted by Crippen LogP contribution is -2.19. The fourth-order valence-electron chi connectivity index (χ4n) is 2.25. The maximum absolute atomic E-state index is 12.1. The number of esters is 1. The number of furan rings is 1. The van der Waals surface area contributed by atoms with Gasteiger partial charge in [0.15, 0.2) is 0 Å². The van der Waals surface area contributed by atoms with Crippen LogP contribution in [-0.4, -0.2) is 18.1 Å². The van der Waals surface area contributed by atoms with E-state index in [1.165, 1.54) is 18.5 Å². The van der Waals surface area contributed by atoms with E-state index >= 15 is 0 Å². The average molecular weight is 427 g/mol. The standard InChI is InChI=1S/C20H15BrN2O4/c21-16-8-9-17(27-20(25)18-7-4-10-26-18)15(12-16)13-22-23-19(24)11-14-5-2-1-3-6-14/h1-10,12-13H,11H2,(H,23,24)/b22-13-. The van der Waals surface area contributed by atoms with Crippen molar-refractivity contribution in [1.82, 2.24) is 5.43 Å². The Hall–Kier alpha value is -3.19. The van der Waals surface area contributed by atoms with Crippen LogP contribution in [0.15, 0.2) is 80.9 Å². The number of halogens is 1. The van der Waals surface area contributed by atoms with Crippen LogP contribution in [0.25, 0.3) is 0 Å². The highest BCUT2D eigenvalue weighted by Crippen LogP contribution is 2.23. The van der Waals surface area contributed by atoms with Crippen molar-refractivity contribution in [3.8, 4) is 5.75 Å². The first-order valence-corrected chi connectivity index (χ1v) is 8.82. The molecule has 3 rings (SSSR count). The van der Waals surface area contributed by atoms with Gasteiger partial charge < -0.3 is 9.15 Å². The number of carbonyl (C=O) groups excluding carboxylic acids is 2. The number of hydrazone groups is 1. The van der Waals surface area contributed by atoms with Gasteiger partial charge in [0.1, 0.15) is 5.75 Å². The van der Waals surface area contributed by atoms with Gasteiger partial charge in [-0.25, -0.2) is 10.2 Å². The number of ether oxygens (including phenoxy) is 1. The van der Waals surface area contributed by atoms with Crippen LogP contribution < -0.4 is 10.2 Å². The lowest BCUT2D eigenvalue weighted by molar-refractivity contribution is -0.120. The van der Waals surface area contributed by atoms with Gasteiger partial charge in [0.05, 0.1) is 18.9 Å². The monoisotopic (exact) mass is 426 g/mol. The number of rotatable bonds is 6. The van der Waals surface area contributed by atoms with Crippen LogP contribution in [0.4, 0.5) is 0 Å². The van der Waals surface area contributed by atoms with Crippen LogP contribution in [0.1, 0.15) is 21.7 Å². The molecule has 0 radical (unpaired) electrons. The molecule has 1 N–H and O–H groups in total. The minimum absolute atomic E-state index is 0.0944. The lowest BCUT2D eigenvalue weighted by Gasteiger charge is -2.07. The summed E-state index contributed by atoms with van der Waals surface area (Å²) in [5.41, 5.74) is 3.87. The number of amides is 1. The van der Waals surface area contributed by atoms with Gasteiger partial charge in [-0.05, 0) is 35.9 Å². The van der Waals surface area contributed by atoms with Gasteiger partial charge in [-0.15, -0.1) is 0 Å². The van der Waals surface area contributed by atoms with Crippen molar-refractivity contribution in [2.75, 3.05) is 0 Å². The summed E-state index contributed by atoms with van der Waals surface area (Å²) in [4.78, 5) is 24.0. The Morgan fingerprint density at radius 2 is 1.93 bits per heavy atom. The molecule has 6 nitrogen and oxygen atoms in total. The Morgan fingerprint density at radius 1 is 1.11 bits per heavy atom. The zero-order valence-corrected chi connectivity index (χ0v) is 15.7. The molecule has 1 heterocycles. The molecule has 0 aliphatic heterocycles. The zero-order valence-electron chi connectivity index (χ0n) is 14.1. The summed E-state index contributed by atoms with van der Waals surface area (Å²) in [6.45, 7) is 0. The number of nitrogens with zero attached hydrogens (tertiary/aromatic N) is 1. The Bertz CT molecular complexity index is 953. The van der Waals surface area contributed by atoms with Crippen molar-refractivity contribution in [2.45, 2.75) is 6.42 Å². The highest BCUT2D eigenvalue weighted by molar-refractivity contribution is 9.10. The Kier molecular flexibility index (Phi) is 6.17. The van der Waals surface area contributed by atoms with Crippen LogP contribution in [0.3, 0.4) is 0 Å². The second-order valence-electron chi connectivity index (χ2n) is 5.50. The van der Waals surface area contributed by atoms with E-state index in [2.05, 4.69) is 26.5 Å². The molecule has 0 spiro atoms. The van der Waals surface area contributed by atoms with E-state index in [0.717, 1.165) is 10.0 Å². The summed E-state index contributed by atoms with van der Waals surface area (Å²) in [6, 6.07) is 17.5. The molecule has 0 unspecified atom stereocenters. The number of nitrogens with one attached hydrogen (secondary N) is 1. The highest BCUT2D eigenvalue weighted by Gasteiger charge is 2.14. The molecular weight excluding hydrogens is 412 g/mol. The van der Waals surface area contributed by atoms with Gasteiger partial charge in [0.25, 0.3) is 0 Å². The molecule has 0 saturated carbocycles. The maximum atomic E-state index is 12.1. The van der Waals surface area contributed by atoms with Crippen molar-refractivity contribution in [3.05, 3.63) is 88.3 Å². The normalized spacial score (nSPS) is 10.7. The minimum Gasteiger partial charge on any atom is -0.457 e. The molecule has 27 heavy (non-hydrogen) atoms. The van der Waals surface area contributed by atoms with Crippen molar-refractivity contribution in [3.63, 3.8) is 0 Å². The van der Waals surface area contributed by atoms with Crippen LogP contribution in [-0.2, 0) is 11.2 Å². The fraction of sp³-hybridized carbons (Fsp3) is 0.0500. The topological polar surface area (TPSA) is 80.9 Å². The molecule has 0 aliphatic rings. The predicted molar refractivity (Wildman–Crippen MR) is 104 cm³/mol. The molecule has 0 bridgehead atoms. The smallest absolute Gasteiger partial charge is 0.379 e. The van der Waals surface area contributed by atoms with Gasteiger partial charge in [-0.3, -0.25) is 4.79 Å². The van der Waals surface area contributed by atoms with Gasteiger partial charge >= 0.3 is 5.97 Å². The summed E-state index contributed by atoms with van der Waals surface area (Å²) in [6.07, 6.45) is 3.03. The first kappa shape index (κ1) is 18.6. The first-order chi connectivity index (χ1) is 13.1. The summed E-state index contributed by atoms with van der Waals surface area (Å²) < 4.78 is 11.1. The molecule has 136 valence electrons. The number of hydrogen-bond donors (Lipinski definition) is 1. The van der Waals surface area contributed by atoms with Crippen LogP contribution in [0.5, 0.6) is 5.75 Å². The summed E-state index contributed by atoms with van der Waals surface area (Å²) in [5.74, 6) is -0.482. The molecule has 1 amide bonds. The third-order valence-electron chi connectivity index (χ3n) is 3.50. The molecule has 2 aromatic carbocycles. The molecule has 0 atom stereocenters. The Labute approximate surface area is 164 Å². The number of carbonyl (C=O) groups is 2. The first-order valence-electron chi connectivity index (χ1n) is 8.03. The van der Waals surface area contributed by atoms with Gasteiger partial charge in [-0.2, -0.15) is 5.10 Å². The molecular formula is C20H15BrN2O4. The molecule has 7 heteroatoms. The number of hydrogen-bond acceptors (Lipinski definition) is 5. The van der Waals surface area contributed by atoms with Crippen molar-refractivity contribution < 1.29 is 18.7 Å². The zero-order chi connectivity index (χ0) is 19.1. The molecule has 0 aliphatic carbocycles. The second-order valence-corrected chi connectivity index (χ2v) is 6.42. The Morgan fingerprint density at radius 3 is 2.67 bits per heavy atom. The number of benzene rings is 2. The summed E-state index contributed by atoms with van der Waals surface area (Å²) in [7, 11) is 0.